The lowest BCUT2D eigenvalue weighted by molar-refractivity contribution is -0.143. The van der Waals surface area contributed by atoms with E-state index in [4.69, 9.17) is 11.6 Å². The molecular weight excluding hydrogens is 510 g/mol. The number of piperidine rings is 1. The summed E-state index contributed by atoms with van der Waals surface area (Å²) in [5.74, 6) is -0.832. The Kier molecular flexibility index (Phi) is 7.12. The molecule has 3 aromatic rings. The minimum absolute atomic E-state index is 0.0182. The molecule has 2 heterocycles. The van der Waals surface area contributed by atoms with Crippen LogP contribution in [0.15, 0.2) is 54.6 Å². The largest absolute Gasteiger partial charge is 0.416 e. The lowest BCUT2D eigenvalue weighted by atomic mass is 9.96. The van der Waals surface area contributed by atoms with Crippen molar-refractivity contribution in [2.24, 2.45) is 5.92 Å². The first kappa shape index (κ1) is 25.7. The molecule has 4 rings (SSSR count). The van der Waals surface area contributed by atoms with E-state index in [1.54, 1.807) is 41.3 Å². The molecule has 1 aromatic heterocycles. The lowest BCUT2D eigenvalue weighted by Crippen LogP contribution is -2.41. The summed E-state index contributed by atoms with van der Waals surface area (Å²) >= 11 is 5.90. The molecule has 1 amide bonds. The summed E-state index contributed by atoms with van der Waals surface area (Å²) < 4.78 is 78.7. The number of aromatic nitrogens is 2. The Bertz CT molecular complexity index is 1200. The summed E-state index contributed by atoms with van der Waals surface area (Å²) in [6, 6.07) is 11.5. The van der Waals surface area contributed by atoms with E-state index in [9.17, 15) is 31.1 Å². The van der Waals surface area contributed by atoms with Crippen LogP contribution in [0.25, 0.3) is 11.3 Å². The number of nitrogens with one attached hydrogen (secondary N) is 1. The number of amides is 1. The van der Waals surface area contributed by atoms with Crippen LogP contribution in [0, 0.1) is 5.92 Å². The third kappa shape index (κ3) is 6.07. The van der Waals surface area contributed by atoms with E-state index in [1.165, 1.54) is 0 Å². The second-order valence-electron chi connectivity index (χ2n) is 8.35. The molecule has 1 unspecified atom stereocenters. The van der Waals surface area contributed by atoms with Crippen molar-refractivity contribution in [3.8, 4) is 11.3 Å². The van der Waals surface area contributed by atoms with E-state index in [0.717, 1.165) is 5.56 Å². The second-order valence-corrected chi connectivity index (χ2v) is 8.79. The predicted octanol–water partition coefficient (Wildman–Crippen LogP) is 6.69. The Hall–Kier alpha value is -3.34. The maximum Gasteiger partial charge on any atom is 0.416 e. The topological polar surface area (TPSA) is 58.1 Å². The molecule has 1 N–H and O–H groups in total. The van der Waals surface area contributed by atoms with Crippen molar-refractivity contribution in [3.63, 3.8) is 0 Å². The number of benzene rings is 2. The van der Waals surface area contributed by atoms with Gasteiger partial charge in [-0.1, -0.05) is 23.7 Å². The summed E-state index contributed by atoms with van der Waals surface area (Å²) in [5.41, 5.74) is -2.12. The molecule has 1 fully saturated rings. The van der Waals surface area contributed by atoms with E-state index < -0.39 is 41.0 Å². The summed E-state index contributed by atoms with van der Waals surface area (Å²) in [7, 11) is 0. The normalized spacial score (nSPS) is 16.6. The second kappa shape index (κ2) is 9.96. The van der Waals surface area contributed by atoms with Gasteiger partial charge in [-0.3, -0.25) is 4.79 Å². The van der Waals surface area contributed by atoms with Crippen molar-refractivity contribution in [1.29, 1.82) is 0 Å². The maximum absolute atomic E-state index is 13.1. The highest BCUT2D eigenvalue weighted by molar-refractivity contribution is 6.30. The fraction of sp³-hybridized carbons (Fsp3) is 0.292. The molecule has 1 saturated heterocycles. The Balaban J connectivity index is 1.47. The first-order valence-corrected chi connectivity index (χ1v) is 11.2. The summed E-state index contributed by atoms with van der Waals surface area (Å²) in [6.45, 7) is 0.756. The quantitative estimate of drug-likeness (QED) is 0.383. The van der Waals surface area contributed by atoms with Crippen molar-refractivity contribution in [2.45, 2.75) is 25.2 Å². The van der Waals surface area contributed by atoms with Gasteiger partial charge in [0.25, 0.3) is 0 Å². The molecule has 0 spiro atoms. The van der Waals surface area contributed by atoms with Crippen LogP contribution in [0.4, 0.5) is 37.8 Å². The molecule has 5 nitrogen and oxygen atoms in total. The van der Waals surface area contributed by atoms with Gasteiger partial charge in [-0.15, -0.1) is 10.2 Å². The highest BCUT2D eigenvalue weighted by Crippen LogP contribution is 2.38. The molecule has 12 heteroatoms. The molecule has 0 saturated carbocycles. The molecule has 2 aromatic carbocycles. The number of nitrogens with zero attached hydrogens (tertiary/aromatic N) is 3. The van der Waals surface area contributed by atoms with Crippen LogP contribution >= 0.6 is 11.6 Å². The minimum atomic E-state index is -5.00. The monoisotopic (exact) mass is 528 g/mol. The number of carbonyl (C=O) groups is 1. The first-order valence-electron chi connectivity index (χ1n) is 10.8. The number of hydrogen-bond acceptors (Lipinski definition) is 4. The van der Waals surface area contributed by atoms with Gasteiger partial charge in [-0.2, -0.15) is 26.3 Å². The van der Waals surface area contributed by atoms with Crippen LogP contribution in [0.1, 0.15) is 24.0 Å². The van der Waals surface area contributed by atoms with Crippen LogP contribution < -0.4 is 10.2 Å². The molecule has 0 bridgehead atoms. The van der Waals surface area contributed by atoms with Gasteiger partial charge in [0.1, 0.15) is 0 Å². The zero-order valence-corrected chi connectivity index (χ0v) is 19.3. The van der Waals surface area contributed by atoms with Gasteiger partial charge in [-0.25, -0.2) is 0 Å². The van der Waals surface area contributed by atoms with E-state index in [-0.39, 0.29) is 12.6 Å². The van der Waals surface area contributed by atoms with E-state index >= 15 is 0 Å². The number of alkyl halides is 6. The van der Waals surface area contributed by atoms with E-state index in [2.05, 4.69) is 15.5 Å². The standard InChI is InChI=1S/C24H19ClF6N4O/c25-18-5-3-14(4-6-18)20-7-8-21(34-33-20)35-9-1-2-15(13-35)22(36)32-19-11-16(23(26,27)28)10-17(12-19)24(29,30)31/h3-8,10-12,15H,1-2,9,13H2,(H,32,36). The van der Waals surface area contributed by atoms with Crippen LogP contribution in [-0.4, -0.2) is 29.2 Å². The van der Waals surface area contributed by atoms with Crippen LogP contribution in [0.5, 0.6) is 0 Å². The molecule has 36 heavy (non-hydrogen) atoms. The Morgan fingerprint density at radius 1 is 0.917 bits per heavy atom. The van der Waals surface area contributed by atoms with E-state index in [0.29, 0.717) is 48.1 Å². The fourth-order valence-electron chi connectivity index (χ4n) is 3.94. The van der Waals surface area contributed by atoms with Gasteiger partial charge in [-0.05, 0) is 55.3 Å². The summed E-state index contributed by atoms with van der Waals surface area (Å²) in [6.07, 6.45) is -9.00. The first-order chi connectivity index (χ1) is 16.9. The number of hydrogen-bond donors (Lipinski definition) is 1. The summed E-state index contributed by atoms with van der Waals surface area (Å²) in [5, 5.41) is 11.2. The van der Waals surface area contributed by atoms with Crippen molar-refractivity contribution < 1.29 is 31.1 Å². The predicted molar refractivity (Wildman–Crippen MR) is 122 cm³/mol. The highest BCUT2D eigenvalue weighted by atomic mass is 35.5. The number of anilines is 2. The maximum atomic E-state index is 13.1. The Labute approximate surface area is 207 Å². The minimum Gasteiger partial charge on any atom is -0.354 e. The molecule has 1 aliphatic rings. The number of halogens is 7. The molecule has 0 aliphatic carbocycles. The van der Waals surface area contributed by atoms with Crippen LogP contribution in [0.3, 0.4) is 0 Å². The van der Waals surface area contributed by atoms with Gasteiger partial charge in [0.05, 0.1) is 22.7 Å². The number of rotatable bonds is 4. The molecule has 0 radical (unpaired) electrons. The van der Waals surface area contributed by atoms with Gasteiger partial charge in [0.15, 0.2) is 5.82 Å². The smallest absolute Gasteiger partial charge is 0.354 e. The molecule has 190 valence electrons. The number of carbonyl (C=O) groups excluding carboxylic acids is 1. The average Bonchev–Trinajstić information content (AvgIpc) is 2.83. The molecule has 1 atom stereocenters. The van der Waals surface area contributed by atoms with Gasteiger partial charge < -0.3 is 10.2 Å². The van der Waals surface area contributed by atoms with Crippen molar-refractivity contribution in [3.05, 3.63) is 70.7 Å². The van der Waals surface area contributed by atoms with Crippen molar-refractivity contribution >= 4 is 29.0 Å². The average molecular weight is 529 g/mol. The zero-order valence-electron chi connectivity index (χ0n) is 18.5. The van der Waals surface area contributed by atoms with Crippen LogP contribution in [0.2, 0.25) is 5.02 Å². The van der Waals surface area contributed by atoms with Crippen LogP contribution in [-0.2, 0) is 17.1 Å². The zero-order chi connectivity index (χ0) is 26.1. The SMILES string of the molecule is O=C(Nc1cc(C(F)(F)F)cc(C(F)(F)F)c1)C1CCCN(c2ccc(-c3ccc(Cl)cc3)nn2)C1. The van der Waals surface area contributed by atoms with Crippen molar-refractivity contribution in [1.82, 2.24) is 10.2 Å². The van der Waals surface area contributed by atoms with Crippen molar-refractivity contribution in [2.75, 3.05) is 23.3 Å². The molecule has 1 aliphatic heterocycles. The van der Waals surface area contributed by atoms with Gasteiger partial charge >= 0.3 is 12.4 Å². The third-order valence-corrected chi connectivity index (χ3v) is 6.01. The highest BCUT2D eigenvalue weighted by Gasteiger charge is 2.37. The third-order valence-electron chi connectivity index (χ3n) is 5.76. The van der Waals surface area contributed by atoms with Gasteiger partial charge in [0.2, 0.25) is 5.91 Å². The van der Waals surface area contributed by atoms with Gasteiger partial charge in [0, 0.05) is 29.4 Å². The lowest BCUT2D eigenvalue weighted by Gasteiger charge is -2.32. The fourth-order valence-corrected chi connectivity index (χ4v) is 4.07. The molecular formula is C24H19ClF6N4O. The van der Waals surface area contributed by atoms with E-state index in [1.807, 2.05) is 0 Å². The summed E-state index contributed by atoms with van der Waals surface area (Å²) in [4.78, 5) is 14.6. The Morgan fingerprint density at radius 2 is 1.56 bits per heavy atom. The Morgan fingerprint density at radius 3 is 2.11 bits per heavy atom.